The van der Waals surface area contributed by atoms with Crippen LogP contribution in [0.4, 0.5) is 0 Å². The Labute approximate surface area is 184 Å². The van der Waals surface area contributed by atoms with E-state index in [1.54, 1.807) is 0 Å². The van der Waals surface area contributed by atoms with Crippen molar-refractivity contribution in [3.05, 3.63) is 105 Å². The SMILES string of the molecule is Cc1[c-]ccc(C)c1C.Cc1ccc(Cc2cc[c-]cc2)c(C)c1C.[Y]. The van der Waals surface area contributed by atoms with Crippen LogP contribution in [0.15, 0.2) is 48.5 Å². The summed E-state index contributed by atoms with van der Waals surface area (Å²) in [5.74, 6) is 0. The predicted molar refractivity (Wildman–Crippen MR) is 108 cm³/mol. The summed E-state index contributed by atoms with van der Waals surface area (Å²) in [6, 6.07) is 22.9. The molecule has 0 unspecified atom stereocenters. The van der Waals surface area contributed by atoms with Crippen molar-refractivity contribution in [2.24, 2.45) is 0 Å². The molecule has 3 rings (SSSR count). The summed E-state index contributed by atoms with van der Waals surface area (Å²) in [4.78, 5) is 0. The average molecular weight is 417 g/mol. The number of aryl methyl sites for hydroxylation is 3. The van der Waals surface area contributed by atoms with Crippen LogP contribution in [0, 0.1) is 53.7 Å². The summed E-state index contributed by atoms with van der Waals surface area (Å²) in [6.07, 6.45) is 1.02. The van der Waals surface area contributed by atoms with Crippen LogP contribution in [-0.4, -0.2) is 0 Å². The summed E-state index contributed by atoms with van der Waals surface area (Å²) >= 11 is 0. The van der Waals surface area contributed by atoms with Gasteiger partial charge in [-0.3, -0.25) is 0 Å². The van der Waals surface area contributed by atoms with Crippen LogP contribution in [0.3, 0.4) is 0 Å². The van der Waals surface area contributed by atoms with E-state index in [4.69, 9.17) is 0 Å². The van der Waals surface area contributed by atoms with Crippen molar-refractivity contribution in [2.75, 3.05) is 0 Å². The van der Waals surface area contributed by atoms with Gasteiger partial charge in [-0.25, -0.2) is 0 Å². The second kappa shape index (κ2) is 10.8. The molecule has 0 atom stereocenters. The Balaban J connectivity index is 0.000000290. The zero-order chi connectivity index (χ0) is 18.4. The van der Waals surface area contributed by atoms with Crippen molar-refractivity contribution in [3.8, 4) is 0 Å². The predicted octanol–water partition coefficient (Wildman–Crippen LogP) is 6.41. The molecular formula is C25H28Y-2. The number of rotatable bonds is 2. The normalized spacial score (nSPS) is 9.77. The van der Waals surface area contributed by atoms with E-state index in [2.05, 4.69) is 84.0 Å². The summed E-state index contributed by atoms with van der Waals surface area (Å²) < 4.78 is 0. The van der Waals surface area contributed by atoms with Crippen molar-refractivity contribution < 1.29 is 32.7 Å². The molecule has 0 amide bonds. The van der Waals surface area contributed by atoms with Gasteiger partial charge in [0.1, 0.15) is 0 Å². The quantitative estimate of drug-likeness (QED) is 0.423. The zero-order valence-electron chi connectivity index (χ0n) is 16.9. The number of hydrogen-bond donors (Lipinski definition) is 0. The van der Waals surface area contributed by atoms with Crippen molar-refractivity contribution in [1.29, 1.82) is 0 Å². The Morgan fingerprint density at radius 3 is 1.85 bits per heavy atom. The van der Waals surface area contributed by atoms with E-state index in [1.165, 1.54) is 44.5 Å². The molecule has 3 aromatic carbocycles. The van der Waals surface area contributed by atoms with Crippen molar-refractivity contribution >= 4 is 0 Å². The standard InChI is InChI=1S/C16H17.C9H11.Y/c1-12-9-10-16(14(3)13(12)2)11-15-7-5-4-6-8-15;1-7-5-4-6-8(2)9(7)3;/h5-10H,11H2,1-3H3;4-5H,1-3H3;/q2*-1;. The fourth-order valence-electron chi connectivity index (χ4n) is 2.78. The van der Waals surface area contributed by atoms with Gasteiger partial charge >= 0.3 is 0 Å². The molecule has 1 radical (unpaired) electrons. The van der Waals surface area contributed by atoms with Crippen LogP contribution in [0.2, 0.25) is 0 Å². The molecule has 133 valence electrons. The van der Waals surface area contributed by atoms with Crippen LogP contribution in [0.5, 0.6) is 0 Å². The minimum absolute atomic E-state index is 0. The number of hydrogen-bond acceptors (Lipinski definition) is 0. The Hall–Kier alpha value is -1.24. The first-order chi connectivity index (χ1) is 11.9. The molecule has 0 heterocycles. The van der Waals surface area contributed by atoms with E-state index >= 15 is 0 Å². The van der Waals surface area contributed by atoms with Crippen molar-refractivity contribution in [2.45, 2.75) is 48.0 Å². The van der Waals surface area contributed by atoms with Crippen LogP contribution in [0.25, 0.3) is 0 Å². The third-order valence-corrected chi connectivity index (χ3v) is 5.14. The fourth-order valence-corrected chi connectivity index (χ4v) is 2.78. The molecule has 0 nitrogen and oxygen atoms in total. The molecule has 0 N–H and O–H groups in total. The van der Waals surface area contributed by atoms with Gasteiger partial charge in [-0.15, -0.1) is 0 Å². The molecule has 0 fully saturated rings. The van der Waals surface area contributed by atoms with Gasteiger partial charge in [0.05, 0.1) is 0 Å². The van der Waals surface area contributed by atoms with Gasteiger partial charge in [-0.2, -0.15) is 70.8 Å². The van der Waals surface area contributed by atoms with Gasteiger partial charge in [-0.1, -0.05) is 32.9 Å². The first-order valence-electron chi connectivity index (χ1n) is 8.85. The summed E-state index contributed by atoms with van der Waals surface area (Å²) in [5.41, 5.74) is 11.0. The van der Waals surface area contributed by atoms with Crippen LogP contribution in [-0.2, 0) is 39.1 Å². The van der Waals surface area contributed by atoms with Crippen molar-refractivity contribution in [1.82, 2.24) is 0 Å². The third-order valence-electron chi connectivity index (χ3n) is 5.14. The van der Waals surface area contributed by atoms with Crippen LogP contribution in [0.1, 0.15) is 44.5 Å². The Kier molecular flexibility index (Phi) is 9.47. The second-order valence-electron chi connectivity index (χ2n) is 6.79. The van der Waals surface area contributed by atoms with E-state index in [0.29, 0.717) is 0 Å². The molecule has 26 heavy (non-hydrogen) atoms. The minimum Gasteiger partial charge on any atom is -0.184 e. The molecule has 0 aromatic heterocycles. The monoisotopic (exact) mass is 417 g/mol. The molecule has 0 spiro atoms. The van der Waals surface area contributed by atoms with Gasteiger partial charge in [0, 0.05) is 32.7 Å². The number of benzene rings is 3. The van der Waals surface area contributed by atoms with Gasteiger partial charge < -0.3 is 0 Å². The van der Waals surface area contributed by atoms with E-state index in [1.807, 2.05) is 18.2 Å². The fraction of sp³-hybridized carbons (Fsp3) is 0.280. The molecule has 3 aromatic rings. The first kappa shape index (κ1) is 22.8. The Morgan fingerprint density at radius 1 is 0.654 bits per heavy atom. The molecule has 0 aliphatic carbocycles. The average Bonchev–Trinajstić information content (AvgIpc) is 2.62. The van der Waals surface area contributed by atoms with Crippen LogP contribution < -0.4 is 0 Å². The second-order valence-corrected chi connectivity index (χ2v) is 6.79. The Morgan fingerprint density at radius 2 is 1.27 bits per heavy atom. The van der Waals surface area contributed by atoms with Gasteiger partial charge in [0.15, 0.2) is 0 Å². The maximum atomic E-state index is 3.14. The summed E-state index contributed by atoms with van der Waals surface area (Å²) in [7, 11) is 0. The van der Waals surface area contributed by atoms with Gasteiger partial charge in [-0.05, 0) is 49.4 Å². The molecule has 0 bridgehead atoms. The molecular weight excluding hydrogens is 389 g/mol. The molecule has 0 saturated heterocycles. The van der Waals surface area contributed by atoms with Crippen molar-refractivity contribution in [3.63, 3.8) is 0 Å². The van der Waals surface area contributed by atoms with E-state index in [0.717, 1.165) is 6.42 Å². The van der Waals surface area contributed by atoms with E-state index in [9.17, 15) is 0 Å². The van der Waals surface area contributed by atoms with Crippen LogP contribution >= 0.6 is 0 Å². The molecule has 1 heteroatoms. The Bertz CT molecular complexity index is 812. The summed E-state index contributed by atoms with van der Waals surface area (Å²) in [6.45, 7) is 12.9. The smallest absolute Gasteiger partial charge is 0 e. The van der Waals surface area contributed by atoms with Gasteiger partial charge in [0.2, 0.25) is 0 Å². The topological polar surface area (TPSA) is 0 Å². The first-order valence-corrected chi connectivity index (χ1v) is 8.85. The maximum absolute atomic E-state index is 3.14. The molecule has 0 aliphatic rings. The third kappa shape index (κ3) is 6.18. The van der Waals surface area contributed by atoms with Gasteiger partial charge in [0.25, 0.3) is 0 Å². The summed E-state index contributed by atoms with van der Waals surface area (Å²) in [5, 5.41) is 0. The molecule has 0 aliphatic heterocycles. The van der Waals surface area contributed by atoms with E-state index in [-0.39, 0.29) is 32.7 Å². The van der Waals surface area contributed by atoms with E-state index < -0.39 is 0 Å². The largest absolute Gasteiger partial charge is 0.184 e. The minimum atomic E-state index is 0. The molecule has 0 saturated carbocycles. The maximum Gasteiger partial charge on any atom is 0 e. The zero-order valence-corrected chi connectivity index (χ0v) is 19.7.